The maximum absolute atomic E-state index is 12.3. The Hall–Kier alpha value is -0.730. The van der Waals surface area contributed by atoms with Gasteiger partial charge in [-0.3, -0.25) is 0 Å². The lowest BCUT2D eigenvalue weighted by Crippen LogP contribution is -2.33. The molecule has 18 heavy (non-hydrogen) atoms. The first-order valence-electron chi connectivity index (χ1n) is 5.43. The average molecular weight is 290 g/mol. The summed E-state index contributed by atoms with van der Waals surface area (Å²) in [6, 6.07) is 1.61. The highest BCUT2D eigenvalue weighted by Gasteiger charge is 2.24. The smallest absolute Gasteiger partial charge is 0.252 e. The van der Waals surface area contributed by atoms with Crippen LogP contribution in [0.3, 0.4) is 0 Å². The number of nitrogens with zero attached hydrogens (tertiary/aromatic N) is 1. The minimum Gasteiger partial charge on any atom is -0.383 e. The van der Waals surface area contributed by atoms with E-state index in [0.717, 1.165) is 5.56 Å². The van der Waals surface area contributed by atoms with Crippen molar-refractivity contribution in [3.05, 3.63) is 29.7 Å². The van der Waals surface area contributed by atoms with Crippen molar-refractivity contribution in [1.82, 2.24) is 4.31 Å². The first-order chi connectivity index (χ1) is 8.56. The van der Waals surface area contributed by atoms with E-state index in [4.69, 9.17) is 10.5 Å². The molecule has 1 heterocycles. The van der Waals surface area contributed by atoms with Crippen molar-refractivity contribution >= 4 is 21.4 Å². The van der Waals surface area contributed by atoms with Crippen LogP contribution in [0.1, 0.15) is 5.56 Å². The van der Waals surface area contributed by atoms with Gasteiger partial charge in [-0.05, 0) is 17.0 Å². The lowest BCUT2D eigenvalue weighted by molar-refractivity contribution is 0.182. The minimum atomic E-state index is -3.48. The Kier molecular flexibility index (Phi) is 5.97. The molecule has 0 unspecified atom stereocenters. The molecule has 1 aromatic rings. The van der Waals surface area contributed by atoms with E-state index in [1.54, 1.807) is 17.5 Å². The number of thiophene rings is 1. The van der Waals surface area contributed by atoms with Crippen LogP contribution >= 0.6 is 11.3 Å². The summed E-state index contributed by atoms with van der Waals surface area (Å²) < 4.78 is 31.3. The van der Waals surface area contributed by atoms with Gasteiger partial charge in [-0.1, -0.05) is 6.08 Å². The van der Waals surface area contributed by atoms with E-state index in [1.165, 1.54) is 22.8 Å². The summed E-state index contributed by atoms with van der Waals surface area (Å²) in [4.78, 5) is 0. The molecular formula is C11H18N2O3S2. The maximum atomic E-state index is 12.3. The van der Waals surface area contributed by atoms with Crippen LogP contribution in [0, 0.1) is 0 Å². The van der Waals surface area contributed by atoms with Gasteiger partial charge < -0.3 is 10.5 Å². The quantitative estimate of drug-likeness (QED) is 0.726. The lowest BCUT2D eigenvalue weighted by Gasteiger charge is -2.19. The summed E-state index contributed by atoms with van der Waals surface area (Å²) in [5.74, 6) is 0. The average Bonchev–Trinajstić information content (AvgIpc) is 2.83. The van der Waals surface area contributed by atoms with E-state index >= 15 is 0 Å². The highest BCUT2D eigenvalue weighted by Crippen LogP contribution is 2.23. The normalized spacial score (nSPS) is 11.9. The van der Waals surface area contributed by atoms with Crippen molar-refractivity contribution in [3.63, 3.8) is 0 Å². The molecule has 0 fully saturated rings. The van der Waals surface area contributed by atoms with Crippen LogP contribution in [0.15, 0.2) is 28.3 Å². The fourth-order valence-corrected chi connectivity index (χ4v) is 4.14. The third-order valence-corrected chi connectivity index (χ3v) is 5.67. The molecule has 0 aromatic carbocycles. The van der Waals surface area contributed by atoms with Gasteiger partial charge in [0.15, 0.2) is 0 Å². The zero-order valence-electron chi connectivity index (χ0n) is 10.3. The van der Waals surface area contributed by atoms with Crippen LogP contribution in [0.5, 0.6) is 0 Å². The molecule has 0 radical (unpaired) electrons. The van der Waals surface area contributed by atoms with Gasteiger partial charge in [0.2, 0.25) is 0 Å². The standard InChI is InChI=1S/C11H18N2O3S2/c1-3-4-13(5-6-16-2)18(14,15)11-7-10(8-12)9-17-11/h3,7,9H,1,4-6,8,12H2,2H3. The maximum Gasteiger partial charge on any atom is 0.252 e. The highest BCUT2D eigenvalue weighted by atomic mass is 32.2. The second kappa shape index (κ2) is 7.01. The number of hydrogen-bond acceptors (Lipinski definition) is 5. The van der Waals surface area contributed by atoms with Crippen molar-refractivity contribution < 1.29 is 13.2 Å². The molecule has 1 aromatic heterocycles. The van der Waals surface area contributed by atoms with Gasteiger partial charge >= 0.3 is 0 Å². The van der Waals surface area contributed by atoms with Crippen LogP contribution < -0.4 is 5.73 Å². The van der Waals surface area contributed by atoms with E-state index in [1.807, 2.05) is 0 Å². The van der Waals surface area contributed by atoms with E-state index < -0.39 is 10.0 Å². The molecular weight excluding hydrogens is 272 g/mol. The van der Waals surface area contributed by atoms with Crippen LogP contribution in [0.25, 0.3) is 0 Å². The SMILES string of the molecule is C=CCN(CCOC)S(=O)(=O)c1cc(CN)cs1. The van der Waals surface area contributed by atoms with E-state index in [2.05, 4.69) is 6.58 Å². The molecule has 0 spiro atoms. The Morgan fingerprint density at radius 1 is 1.61 bits per heavy atom. The number of sulfonamides is 1. The van der Waals surface area contributed by atoms with Gasteiger partial charge in [-0.15, -0.1) is 17.9 Å². The Labute approximate surface area is 112 Å². The van der Waals surface area contributed by atoms with Gasteiger partial charge in [0.05, 0.1) is 6.61 Å². The third-order valence-electron chi connectivity index (χ3n) is 2.34. The monoisotopic (exact) mass is 290 g/mol. The number of nitrogens with two attached hydrogens (primary N) is 1. The van der Waals surface area contributed by atoms with Crippen LogP contribution in [-0.4, -0.2) is 39.5 Å². The molecule has 102 valence electrons. The molecule has 0 aliphatic heterocycles. The Balaban J connectivity index is 2.96. The summed E-state index contributed by atoms with van der Waals surface area (Å²) >= 11 is 1.18. The first kappa shape index (κ1) is 15.3. The number of methoxy groups -OCH3 is 1. The van der Waals surface area contributed by atoms with Crippen molar-refractivity contribution in [3.8, 4) is 0 Å². The zero-order chi connectivity index (χ0) is 13.6. The van der Waals surface area contributed by atoms with Gasteiger partial charge in [0.1, 0.15) is 4.21 Å². The van der Waals surface area contributed by atoms with Crippen LogP contribution in [-0.2, 0) is 21.3 Å². The van der Waals surface area contributed by atoms with Gasteiger partial charge in [-0.25, -0.2) is 8.42 Å². The molecule has 7 heteroatoms. The van der Waals surface area contributed by atoms with Crippen LogP contribution in [0.2, 0.25) is 0 Å². The summed E-state index contributed by atoms with van der Waals surface area (Å²) in [6.07, 6.45) is 1.56. The predicted molar refractivity (Wildman–Crippen MR) is 73.0 cm³/mol. The number of hydrogen-bond donors (Lipinski definition) is 1. The van der Waals surface area contributed by atoms with E-state index in [-0.39, 0.29) is 6.54 Å². The molecule has 0 aliphatic carbocycles. The van der Waals surface area contributed by atoms with Gasteiger partial charge in [0.25, 0.3) is 10.0 Å². The molecule has 0 bridgehead atoms. The number of rotatable bonds is 8. The molecule has 2 N–H and O–H groups in total. The van der Waals surface area contributed by atoms with Gasteiger partial charge in [0, 0.05) is 26.7 Å². The highest BCUT2D eigenvalue weighted by molar-refractivity contribution is 7.91. The summed E-state index contributed by atoms with van der Waals surface area (Å²) in [7, 11) is -1.94. The lowest BCUT2D eigenvalue weighted by atomic mass is 10.4. The molecule has 5 nitrogen and oxygen atoms in total. The summed E-state index contributed by atoms with van der Waals surface area (Å²) in [5.41, 5.74) is 6.31. The molecule has 1 rings (SSSR count). The number of ether oxygens (including phenoxy) is 1. The summed E-state index contributed by atoms with van der Waals surface area (Å²) in [6.45, 7) is 4.83. The van der Waals surface area contributed by atoms with E-state index in [0.29, 0.717) is 23.9 Å². The molecule has 0 aliphatic rings. The predicted octanol–water partition coefficient (Wildman–Crippen LogP) is 1.03. The second-order valence-corrected chi connectivity index (χ2v) is 6.70. The zero-order valence-corrected chi connectivity index (χ0v) is 12.0. The Morgan fingerprint density at radius 2 is 2.33 bits per heavy atom. The fraction of sp³-hybridized carbons (Fsp3) is 0.455. The van der Waals surface area contributed by atoms with Gasteiger partial charge in [-0.2, -0.15) is 4.31 Å². The van der Waals surface area contributed by atoms with Crippen molar-refractivity contribution in [2.75, 3.05) is 26.8 Å². The van der Waals surface area contributed by atoms with E-state index in [9.17, 15) is 8.42 Å². The molecule has 0 atom stereocenters. The fourth-order valence-electron chi connectivity index (χ4n) is 1.37. The van der Waals surface area contributed by atoms with Crippen molar-refractivity contribution in [2.45, 2.75) is 10.8 Å². The molecule has 0 amide bonds. The largest absolute Gasteiger partial charge is 0.383 e. The first-order valence-corrected chi connectivity index (χ1v) is 7.75. The molecule has 0 saturated heterocycles. The minimum absolute atomic E-state index is 0.265. The van der Waals surface area contributed by atoms with Crippen molar-refractivity contribution in [1.29, 1.82) is 0 Å². The second-order valence-electron chi connectivity index (χ2n) is 3.62. The van der Waals surface area contributed by atoms with Crippen LogP contribution in [0.4, 0.5) is 0 Å². The third kappa shape index (κ3) is 3.63. The topological polar surface area (TPSA) is 72.6 Å². The summed E-state index contributed by atoms with van der Waals surface area (Å²) in [5, 5.41) is 1.76. The Morgan fingerprint density at radius 3 is 2.83 bits per heavy atom. The molecule has 0 saturated carbocycles. The Bertz CT molecular complexity index is 482. The van der Waals surface area contributed by atoms with Crippen molar-refractivity contribution in [2.24, 2.45) is 5.73 Å².